The second-order valence-corrected chi connectivity index (χ2v) is 6.65. The van der Waals surface area contributed by atoms with Crippen LogP contribution >= 0.6 is 0 Å². The molecule has 3 rings (SSSR count). The lowest BCUT2D eigenvalue weighted by Gasteiger charge is -2.19. The molecule has 0 saturated heterocycles. The van der Waals surface area contributed by atoms with Crippen molar-refractivity contribution in [3.8, 4) is 0 Å². The van der Waals surface area contributed by atoms with E-state index in [1.807, 2.05) is 12.1 Å². The first-order valence-electron chi connectivity index (χ1n) is 9.33. The number of hydrogen-bond acceptors (Lipinski definition) is 4. The predicted octanol–water partition coefficient (Wildman–Crippen LogP) is 2.35. The molecule has 3 amide bonds. The van der Waals surface area contributed by atoms with Crippen molar-refractivity contribution in [2.24, 2.45) is 11.5 Å². The third kappa shape index (κ3) is 5.09. The molecule has 0 heterocycles. The van der Waals surface area contributed by atoms with Crippen LogP contribution in [0.2, 0.25) is 0 Å². The second-order valence-electron chi connectivity index (χ2n) is 6.65. The van der Waals surface area contributed by atoms with Crippen LogP contribution in [0.15, 0.2) is 78.9 Å². The fraction of sp³-hybridized carbons (Fsp3) is 0.0870. The van der Waals surface area contributed by atoms with Gasteiger partial charge in [-0.15, -0.1) is 0 Å². The smallest absolute Gasteiger partial charge is 0.252 e. The van der Waals surface area contributed by atoms with E-state index in [0.717, 1.165) is 5.56 Å². The van der Waals surface area contributed by atoms with E-state index < -0.39 is 23.8 Å². The fourth-order valence-corrected chi connectivity index (χ4v) is 2.93. The average Bonchev–Trinajstić information content (AvgIpc) is 2.78. The minimum atomic E-state index is -0.920. The summed E-state index contributed by atoms with van der Waals surface area (Å²) in [6.07, 6.45) is 0. The summed E-state index contributed by atoms with van der Waals surface area (Å²) < 4.78 is 0. The van der Waals surface area contributed by atoms with Gasteiger partial charge in [0.1, 0.15) is 6.04 Å². The number of primary amides is 1. The van der Waals surface area contributed by atoms with Crippen molar-refractivity contribution in [2.45, 2.75) is 12.6 Å². The Hall–Kier alpha value is -3.97. The molecule has 7 heteroatoms. The Bertz CT molecular complexity index is 1050. The van der Waals surface area contributed by atoms with Gasteiger partial charge in [-0.1, -0.05) is 42.5 Å². The number of benzene rings is 3. The van der Waals surface area contributed by atoms with Crippen LogP contribution in [0.5, 0.6) is 0 Å². The van der Waals surface area contributed by atoms with Crippen LogP contribution in [0.3, 0.4) is 0 Å². The number of anilines is 1. The number of carbonyl (C=O) groups excluding carboxylic acids is 3. The highest BCUT2D eigenvalue weighted by atomic mass is 16.2. The van der Waals surface area contributed by atoms with Gasteiger partial charge in [-0.2, -0.15) is 0 Å². The molecule has 0 spiro atoms. The van der Waals surface area contributed by atoms with E-state index in [2.05, 4.69) is 10.6 Å². The van der Waals surface area contributed by atoms with E-state index in [-0.39, 0.29) is 0 Å². The van der Waals surface area contributed by atoms with Gasteiger partial charge in [0.25, 0.3) is 11.8 Å². The summed E-state index contributed by atoms with van der Waals surface area (Å²) in [6.45, 7) is 0.311. The van der Waals surface area contributed by atoms with Crippen molar-refractivity contribution in [3.63, 3.8) is 0 Å². The van der Waals surface area contributed by atoms with E-state index in [0.29, 0.717) is 28.9 Å². The Balaban J connectivity index is 1.82. The number of nitrogens with one attached hydrogen (secondary N) is 2. The highest BCUT2D eigenvalue weighted by Gasteiger charge is 2.23. The Morgan fingerprint density at radius 2 is 1.53 bits per heavy atom. The standard InChI is InChI=1S/C23H22N4O3/c24-14-15-5-4-8-18(13-15)22(29)27-20(16-6-2-1-3-7-16)23(30)26-19-11-9-17(10-12-19)21(25)28/h1-13,20H,14,24H2,(H2,25,28)(H,26,30)(H,27,29). The summed E-state index contributed by atoms with van der Waals surface area (Å²) >= 11 is 0. The molecule has 0 aliphatic carbocycles. The molecule has 0 saturated carbocycles. The first-order valence-corrected chi connectivity index (χ1v) is 9.33. The van der Waals surface area contributed by atoms with Crippen LogP contribution in [-0.2, 0) is 11.3 Å². The molecule has 0 bridgehead atoms. The molecule has 0 aliphatic rings. The Morgan fingerprint density at radius 1 is 0.833 bits per heavy atom. The third-order valence-corrected chi connectivity index (χ3v) is 4.53. The maximum absolute atomic E-state index is 13.0. The van der Waals surface area contributed by atoms with Gasteiger partial charge in [0.15, 0.2) is 0 Å². The molecule has 6 N–H and O–H groups in total. The van der Waals surface area contributed by atoms with Gasteiger partial charge in [-0.3, -0.25) is 14.4 Å². The van der Waals surface area contributed by atoms with E-state index >= 15 is 0 Å². The molecule has 1 atom stereocenters. The summed E-state index contributed by atoms with van der Waals surface area (Å²) in [5, 5.41) is 5.54. The lowest BCUT2D eigenvalue weighted by Crippen LogP contribution is -2.37. The summed E-state index contributed by atoms with van der Waals surface area (Å²) in [5.74, 6) is -1.36. The Labute approximate surface area is 174 Å². The van der Waals surface area contributed by atoms with Crippen molar-refractivity contribution in [2.75, 3.05) is 5.32 Å². The minimum absolute atomic E-state index is 0.311. The highest BCUT2D eigenvalue weighted by Crippen LogP contribution is 2.18. The minimum Gasteiger partial charge on any atom is -0.366 e. The summed E-state index contributed by atoms with van der Waals surface area (Å²) in [4.78, 5) is 37.0. The van der Waals surface area contributed by atoms with Gasteiger partial charge >= 0.3 is 0 Å². The topological polar surface area (TPSA) is 127 Å². The molecule has 0 aliphatic heterocycles. The van der Waals surface area contributed by atoms with Crippen LogP contribution < -0.4 is 22.1 Å². The molecule has 152 valence electrons. The van der Waals surface area contributed by atoms with E-state index in [9.17, 15) is 14.4 Å². The molecule has 1 unspecified atom stereocenters. The summed E-state index contributed by atoms with van der Waals surface area (Å²) in [5.41, 5.74) is 13.6. The molecule has 3 aromatic rings. The molecule has 7 nitrogen and oxygen atoms in total. The number of hydrogen-bond donors (Lipinski definition) is 4. The highest BCUT2D eigenvalue weighted by molar-refractivity contribution is 6.02. The number of rotatable bonds is 7. The zero-order valence-electron chi connectivity index (χ0n) is 16.2. The first kappa shape index (κ1) is 20.8. The maximum atomic E-state index is 13.0. The summed E-state index contributed by atoms with van der Waals surface area (Å²) in [7, 11) is 0. The second kappa shape index (κ2) is 9.49. The monoisotopic (exact) mass is 402 g/mol. The van der Waals surface area contributed by atoms with Crippen LogP contribution in [0.25, 0.3) is 0 Å². The first-order chi connectivity index (χ1) is 14.5. The van der Waals surface area contributed by atoms with Gasteiger partial charge in [-0.25, -0.2) is 0 Å². The van der Waals surface area contributed by atoms with Crippen LogP contribution in [0, 0.1) is 0 Å². The fourth-order valence-electron chi connectivity index (χ4n) is 2.93. The molecule has 3 aromatic carbocycles. The predicted molar refractivity (Wildman–Crippen MR) is 115 cm³/mol. The van der Waals surface area contributed by atoms with Gasteiger partial charge in [0, 0.05) is 23.4 Å². The van der Waals surface area contributed by atoms with E-state index in [1.54, 1.807) is 54.6 Å². The van der Waals surface area contributed by atoms with Crippen molar-refractivity contribution in [3.05, 3.63) is 101 Å². The SMILES string of the molecule is NCc1cccc(C(=O)NC(C(=O)Nc2ccc(C(N)=O)cc2)c2ccccc2)c1. The quantitative estimate of drug-likeness (QED) is 0.484. The normalized spacial score (nSPS) is 11.4. The third-order valence-electron chi connectivity index (χ3n) is 4.53. The lowest BCUT2D eigenvalue weighted by atomic mass is 10.0. The molecule has 0 radical (unpaired) electrons. The average molecular weight is 402 g/mol. The van der Waals surface area contributed by atoms with Gasteiger partial charge in [0.05, 0.1) is 0 Å². The van der Waals surface area contributed by atoms with Crippen molar-refractivity contribution in [1.82, 2.24) is 5.32 Å². The van der Waals surface area contributed by atoms with Gasteiger partial charge in [0.2, 0.25) is 5.91 Å². The van der Waals surface area contributed by atoms with Crippen molar-refractivity contribution >= 4 is 23.4 Å². The number of carbonyl (C=O) groups is 3. The van der Waals surface area contributed by atoms with Crippen molar-refractivity contribution < 1.29 is 14.4 Å². The number of amides is 3. The molecule has 30 heavy (non-hydrogen) atoms. The van der Waals surface area contributed by atoms with Gasteiger partial charge < -0.3 is 22.1 Å². The molecule has 0 fully saturated rings. The Morgan fingerprint density at radius 3 is 2.17 bits per heavy atom. The van der Waals surface area contributed by atoms with E-state index in [4.69, 9.17) is 11.5 Å². The van der Waals surface area contributed by atoms with Gasteiger partial charge in [-0.05, 0) is 47.5 Å². The Kier molecular flexibility index (Phi) is 6.56. The van der Waals surface area contributed by atoms with Crippen molar-refractivity contribution in [1.29, 1.82) is 0 Å². The zero-order valence-corrected chi connectivity index (χ0v) is 16.2. The van der Waals surface area contributed by atoms with E-state index in [1.165, 1.54) is 12.1 Å². The number of nitrogens with two attached hydrogens (primary N) is 2. The largest absolute Gasteiger partial charge is 0.366 e. The molecule has 0 aromatic heterocycles. The van der Waals surface area contributed by atoms with Crippen LogP contribution in [0.4, 0.5) is 5.69 Å². The molecular weight excluding hydrogens is 380 g/mol. The summed E-state index contributed by atoms with van der Waals surface area (Å²) in [6, 6.07) is 21.1. The maximum Gasteiger partial charge on any atom is 0.252 e. The molecular formula is C23H22N4O3. The lowest BCUT2D eigenvalue weighted by molar-refractivity contribution is -0.118. The van der Waals surface area contributed by atoms with Crippen LogP contribution in [-0.4, -0.2) is 17.7 Å². The zero-order chi connectivity index (χ0) is 21.5. The van der Waals surface area contributed by atoms with Crippen LogP contribution in [0.1, 0.15) is 37.9 Å².